The highest BCUT2D eigenvalue weighted by atomic mass is 79.9. The van der Waals surface area contributed by atoms with Gasteiger partial charge in [-0.25, -0.2) is 4.99 Å². The largest absolute Gasteiger partial charge is 0.493 e. The molecule has 126 valence electrons. The number of carbonyl (C=O) groups excluding carboxylic acids is 1. The number of allylic oxidation sites excluding steroid dienone is 1. The molecule has 0 bridgehead atoms. The predicted molar refractivity (Wildman–Crippen MR) is 103 cm³/mol. The van der Waals surface area contributed by atoms with Gasteiger partial charge in [0.15, 0.2) is 0 Å². The Kier molecular flexibility index (Phi) is 4.17. The molecule has 0 saturated heterocycles. The molecule has 0 N–H and O–H groups in total. The van der Waals surface area contributed by atoms with E-state index in [1.807, 2.05) is 55.6 Å². The number of aliphatic imine (C=N–C) groups is 1. The number of rotatable bonds is 3. The average Bonchev–Trinajstić information content (AvgIpc) is 2.98. The van der Waals surface area contributed by atoms with Crippen molar-refractivity contribution in [3.05, 3.63) is 64.9 Å². The topological polar surface area (TPSA) is 41.9 Å². The predicted octanol–water partition coefficient (Wildman–Crippen LogP) is 4.86. The van der Waals surface area contributed by atoms with Crippen molar-refractivity contribution >= 4 is 38.4 Å². The quantitative estimate of drug-likeness (QED) is 0.742. The van der Waals surface area contributed by atoms with Crippen molar-refractivity contribution in [2.75, 3.05) is 6.61 Å². The van der Waals surface area contributed by atoms with Crippen LogP contribution in [-0.4, -0.2) is 23.2 Å². The maximum absolute atomic E-state index is 13.4. The van der Waals surface area contributed by atoms with Gasteiger partial charge in [-0.1, -0.05) is 52.3 Å². The molecule has 0 spiro atoms. The van der Waals surface area contributed by atoms with Crippen LogP contribution in [0.5, 0.6) is 5.75 Å². The average molecular weight is 397 g/mol. The zero-order chi connectivity index (χ0) is 17.4. The highest BCUT2D eigenvalue weighted by molar-refractivity contribution is 9.11. The van der Waals surface area contributed by atoms with Gasteiger partial charge in [0.05, 0.1) is 18.1 Å². The van der Waals surface area contributed by atoms with Crippen LogP contribution in [0.3, 0.4) is 0 Å². The lowest BCUT2D eigenvalue weighted by Gasteiger charge is -2.22. The molecule has 1 amide bonds. The Morgan fingerprint density at radius 2 is 2.16 bits per heavy atom. The number of halogens is 1. The third kappa shape index (κ3) is 2.68. The molecule has 1 atom stereocenters. The highest BCUT2D eigenvalue weighted by Crippen LogP contribution is 2.37. The number of hydrogen-bond acceptors (Lipinski definition) is 3. The van der Waals surface area contributed by atoms with E-state index in [1.165, 1.54) is 0 Å². The first-order chi connectivity index (χ1) is 12.2. The van der Waals surface area contributed by atoms with E-state index >= 15 is 0 Å². The number of benzene rings is 2. The smallest absolute Gasteiger partial charge is 0.267 e. The number of amidine groups is 1. The Hall–Kier alpha value is -2.40. The van der Waals surface area contributed by atoms with Gasteiger partial charge in [0.1, 0.15) is 11.6 Å². The molecule has 2 aromatic carbocycles. The molecular formula is C20H17BrN2O2. The van der Waals surface area contributed by atoms with Gasteiger partial charge >= 0.3 is 0 Å². The number of hydrogen-bond donors (Lipinski definition) is 0. The molecule has 0 saturated carbocycles. The molecule has 4 nitrogen and oxygen atoms in total. The number of carbonyl (C=O) groups is 1. The van der Waals surface area contributed by atoms with Crippen molar-refractivity contribution in [1.29, 1.82) is 0 Å². The van der Waals surface area contributed by atoms with E-state index in [0.29, 0.717) is 17.9 Å². The van der Waals surface area contributed by atoms with Gasteiger partial charge in [-0.15, -0.1) is 0 Å². The summed E-state index contributed by atoms with van der Waals surface area (Å²) in [7, 11) is 0. The summed E-state index contributed by atoms with van der Waals surface area (Å²) in [5.41, 5.74) is 0.578. The van der Waals surface area contributed by atoms with Crippen molar-refractivity contribution < 1.29 is 9.53 Å². The molecule has 0 radical (unpaired) electrons. The van der Waals surface area contributed by atoms with E-state index in [9.17, 15) is 4.79 Å². The van der Waals surface area contributed by atoms with E-state index in [0.717, 1.165) is 27.5 Å². The molecule has 1 unspecified atom stereocenters. The Labute approximate surface area is 154 Å². The van der Waals surface area contributed by atoms with Crippen LogP contribution >= 0.6 is 15.9 Å². The fourth-order valence-corrected chi connectivity index (χ4v) is 3.89. The lowest BCUT2D eigenvalue weighted by molar-refractivity contribution is 0.0886. The standard InChI is InChI=1S/C20H17BrN2O2/c1-2-25-17-10-9-13-6-3-4-7-14(13)18(17)20(24)23-12-16(21)15-8-5-11-22-19(15)23/h3-7,9-12,15H,2,8H2,1H3. The van der Waals surface area contributed by atoms with Crippen molar-refractivity contribution in [1.82, 2.24) is 4.90 Å². The van der Waals surface area contributed by atoms with Gasteiger partial charge in [0.25, 0.3) is 5.91 Å². The van der Waals surface area contributed by atoms with Crippen LogP contribution in [0.25, 0.3) is 10.8 Å². The van der Waals surface area contributed by atoms with Gasteiger partial charge in [-0.05, 0) is 30.2 Å². The van der Waals surface area contributed by atoms with Crippen LogP contribution in [0.4, 0.5) is 0 Å². The monoisotopic (exact) mass is 396 g/mol. The Bertz CT molecular complexity index is 946. The van der Waals surface area contributed by atoms with E-state index in [1.54, 1.807) is 11.1 Å². The second-order valence-corrected chi connectivity index (χ2v) is 6.86. The second-order valence-electron chi connectivity index (χ2n) is 5.94. The van der Waals surface area contributed by atoms with E-state index < -0.39 is 0 Å². The third-order valence-corrected chi connectivity index (χ3v) is 5.21. The van der Waals surface area contributed by atoms with Crippen LogP contribution < -0.4 is 4.74 Å². The lowest BCUT2D eigenvalue weighted by atomic mass is 10.0. The molecule has 25 heavy (non-hydrogen) atoms. The summed E-state index contributed by atoms with van der Waals surface area (Å²) in [5, 5.41) is 1.90. The summed E-state index contributed by atoms with van der Waals surface area (Å²) in [6.45, 7) is 2.42. The number of nitrogens with zero attached hydrogens (tertiary/aromatic N) is 2. The van der Waals surface area contributed by atoms with E-state index in [4.69, 9.17) is 4.74 Å². The van der Waals surface area contributed by atoms with Gasteiger partial charge in [0, 0.05) is 16.9 Å². The van der Waals surface area contributed by atoms with Gasteiger partial charge in [-0.2, -0.15) is 0 Å². The third-order valence-electron chi connectivity index (χ3n) is 4.45. The van der Waals surface area contributed by atoms with Crippen molar-refractivity contribution in [2.24, 2.45) is 10.9 Å². The molecule has 2 aromatic rings. The second kappa shape index (κ2) is 6.48. The first kappa shape index (κ1) is 16.1. The van der Waals surface area contributed by atoms with Crippen molar-refractivity contribution in [2.45, 2.75) is 13.3 Å². The molecule has 5 heteroatoms. The first-order valence-electron chi connectivity index (χ1n) is 8.28. The van der Waals surface area contributed by atoms with Crippen LogP contribution in [0.15, 0.2) is 64.3 Å². The molecule has 0 aliphatic carbocycles. The lowest BCUT2D eigenvalue weighted by Crippen LogP contribution is -2.33. The minimum Gasteiger partial charge on any atom is -0.493 e. The van der Waals surface area contributed by atoms with Gasteiger partial charge in [0.2, 0.25) is 0 Å². The summed E-state index contributed by atoms with van der Waals surface area (Å²) in [6, 6.07) is 11.7. The van der Waals surface area contributed by atoms with Crippen LogP contribution in [0.2, 0.25) is 0 Å². The van der Waals surface area contributed by atoms with Crippen molar-refractivity contribution in [3.8, 4) is 5.75 Å². The molecule has 0 fully saturated rings. The SMILES string of the molecule is CCOc1ccc2ccccc2c1C(=O)N1C=C(Br)C2CC=CN=C21. The van der Waals surface area contributed by atoms with Crippen molar-refractivity contribution in [3.63, 3.8) is 0 Å². The zero-order valence-electron chi connectivity index (χ0n) is 13.8. The molecule has 4 rings (SSSR count). The molecule has 2 aliphatic heterocycles. The fraction of sp³-hybridized carbons (Fsp3) is 0.200. The van der Waals surface area contributed by atoms with E-state index in [2.05, 4.69) is 20.9 Å². The molecule has 0 aromatic heterocycles. The highest BCUT2D eigenvalue weighted by Gasteiger charge is 2.36. The Morgan fingerprint density at radius 3 is 3.00 bits per heavy atom. The van der Waals surface area contributed by atoms with Crippen LogP contribution in [-0.2, 0) is 0 Å². The minimum atomic E-state index is -0.117. The van der Waals surface area contributed by atoms with Gasteiger partial charge < -0.3 is 4.74 Å². The summed E-state index contributed by atoms with van der Waals surface area (Å²) in [5.74, 6) is 1.36. The maximum Gasteiger partial charge on any atom is 0.267 e. The molecular weight excluding hydrogens is 380 g/mol. The van der Waals surface area contributed by atoms with Crippen LogP contribution in [0, 0.1) is 5.92 Å². The normalized spacial score (nSPS) is 18.8. The number of ether oxygens (including phenoxy) is 1. The summed E-state index contributed by atoms with van der Waals surface area (Å²) < 4.78 is 6.73. The number of amides is 1. The summed E-state index contributed by atoms with van der Waals surface area (Å²) in [6.07, 6.45) is 6.45. The summed E-state index contributed by atoms with van der Waals surface area (Å²) in [4.78, 5) is 19.5. The first-order valence-corrected chi connectivity index (χ1v) is 9.08. The van der Waals surface area contributed by atoms with Gasteiger partial charge in [-0.3, -0.25) is 9.69 Å². The van der Waals surface area contributed by atoms with E-state index in [-0.39, 0.29) is 11.8 Å². The molecule has 2 aliphatic rings. The maximum atomic E-state index is 13.4. The zero-order valence-corrected chi connectivity index (χ0v) is 15.4. The fourth-order valence-electron chi connectivity index (χ4n) is 3.30. The van der Waals surface area contributed by atoms with Crippen LogP contribution in [0.1, 0.15) is 23.7 Å². The molecule has 2 heterocycles. The number of fused-ring (bicyclic) bond motifs is 2. The minimum absolute atomic E-state index is 0.111. The summed E-state index contributed by atoms with van der Waals surface area (Å²) >= 11 is 3.58. The Morgan fingerprint density at radius 1 is 1.32 bits per heavy atom. The Balaban J connectivity index is 1.86.